The van der Waals surface area contributed by atoms with Crippen LogP contribution in [0.2, 0.25) is 5.02 Å². The Bertz CT molecular complexity index is 491. The Hall–Kier alpha value is -0.980. The number of nitrogens with one attached hydrogen (secondary N) is 2. The van der Waals surface area contributed by atoms with Gasteiger partial charge in [-0.3, -0.25) is 4.72 Å². The second-order valence-corrected chi connectivity index (χ2v) is 5.98. The molecule has 18 heavy (non-hydrogen) atoms. The third kappa shape index (κ3) is 4.72. The van der Waals surface area contributed by atoms with Crippen LogP contribution < -0.4 is 14.8 Å². The van der Waals surface area contributed by atoms with Crippen LogP contribution in [0.1, 0.15) is 6.42 Å². The number of ether oxygens (including phenoxy) is 1. The number of benzene rings is 1. The maximum Gasteiger partial charge on any atom is 0.232 e. The molecule has 102 valence electrons. The molecule has 1 aromatic rings. The fraction of sp³-hybridized carbons (Fsp3) is 0.455. The van der Waals surface area contributed by atoms with Crippen molar-refractivity contribution in [3.63, 3.8) is 0 Å². The van der Waals surface area contributed by atoms with Crippen molar-refractivity contribution in [1.29, 1.82) is 0 Å². The van der Waals surface area contributed by atoms with Crippen molar-refractivity contribution in [2.24, 2.45) is 0 Å². The van der Waals surface area contributed by atoms with Gasteiger partial charge in [-0.1, -0.05) is 11.6 Å². The van der Waals surface area contributed by atoms with Crippen molar-refractivity contribution >= 4 is 27.3 Å². The predicted molar refractivity (Wildman–Crippen MR) is 74.0 cm³/mol. The maximum absolute atomic E-state index is 11.7. The van der Waals surface area contributed by atoms with E-state index in [1.807, 2.05) is 0 Å². The summed E-state index contributed by atoms with van der Waals surface area (Å²) in [6.07, 6.45) is 0.552. The Morgan fingerprint density at radius 3 is 2.72 bits per heavy atom. The van der Waals surface area contributed by atoms with E-state index in [9.17, 15) is 8.42 Å². The minimum Gasteiger partial charge on any atom is -0.495 e. The number of sulfonamides is 1. The van der Waals surface area contributed by atoms with Crippen molar-refractivity contribution < 1.29 is 13.2 Å². The van der Waals surface area contributed by atoms with Crippen molar-refractivity contribution in [2.75, 3.05) is 31.2 Å². The van der Waals surface area contributed by atoms with Gasteiger partial charge < -0.3 is 10.1 Å². The first-order valence-corrected chi connectivity index (χ1v) is 7.50. The van der Waals surface area contributed by atoms with Crippen molar-refractivity contribution in [3.8, 4) is 5.75 Å². The Morgan fingerprint density at radius 2 is 2.11 bits per heavy atom. The molecule has 0 aromatic heterocycles. The first-order valence-electron chi connectivity index (χ1n) is 5.47. The molecule has 0 fully saturated rings. The average Bonchev–Trinajstić information content (AvgIpc) is 2.31. The van der Waals surface area contributed by atoms with E-state index in [1.165, 1.54) is 7.11 Å². The van der Waals surface area contributed by atoms with Crippen molar-refractivity contribution in [2.45, 2.75) is 6.42 Å². The zero-order chi connectivity index (χ0) is 13.6. The Balaban J connectivity index is 2.72. The maximum atomic E-state index is 11.7. The summed E-state index contributed by atoms with van der Waals surface area (Å²) in [4.78, 5) is 0. The molecule has 0 amide bonds. The molecule has 7 heteroatoms. The van der Waals surface area contributed by atoms with Crippen molar-refractivity contribution in [3.05, 3.63) is 23.2 Å². The molecule has 0 saturated heterocycles. The van der Waals surface area contributed by atoms with Crippen LogP contribution in [0.15, 0.2) is 18.2 Å². The molecule has 1 aromatic carbocycles. The lowest BCUT2D eigenvalue weighted by molar-refractivity contribution is 0.415. The Morgan fingerprint density at radius 1 is 1.39 bits per heavy atom. The van der Waals surface area contributed by atoms with Gasteiger partial charge in [0.2, 0.25) is 10.0 Å². The molecule has 0 aliphatic rings. The van der Waals surface area contributed by atoms with E-state index >= 15 is 0 Å². The normalized spacial score (nSPS) is 11.3. The smallest absolute Gasteiger partial charge is 0.232 e. The summed E-state index contributed by atoms with van der Waals surface area (Å²) in [5, 5.41) is 3.34. The quantitative estimate of drug-likeness (QED) is 0.751. The molecule has 0 saturated carbocycles. The molecule has 0 heterocycles. The van der Waals surface area contributed by atoms with Crippen LogP contribution in [-0.4, -0.2) is 34.9 Å². The monoisotopic (exact) mass is 292 g/mol. The highest BCUT2D eigenvalue weighted by molar-refractivity contribution is 7.92. The van der Waals surface area contributed by atoms with E-state index in [4.69, 9.17) is 16.3 Å². The largest absolute Gasteiger partial charge is 0.495 e. The van der Waals surface area contributed by atoms with Gasteiger partial charge in [0.05, 0.1) is 23.6 Å². The fourth-order valence-corrected chi connectivity index (χ4v) is 2.70. The molecule has 0 bridgehead atoms. The SMILES string of the molecule is CNCCCS(=O)(=O)Nc1ccc(Cl)c(OC)c1. The summed E-state index contributed by atoms with van der Waals surface area (Å²) in [5.74, 6) is 0.505. The highest BCUT2D eigenvalue weighted by atomic mass is 35.5. The highest BCUT2D eigenvalue weighted by Gasteiger charge is 2.11. The molecule has 0 aliphatic heterocycles. The molecular weight excluding hydrogens is 276 g/mol. The lowest BCUT2D eigenvalue weighted by Gasteiger charge is -2.10. The Kier molecular flexibility index (Phi) is 5.71. The van der Waals surface area contributed by atoms with Crippen molar-refractivity contribution in [1.82, 2.24) is 5.32 Å². The first kappa shape index (κ1) is 15.1. The molecule has 0 atom stereocenters. The zero-order valence-electron chi connectivity index (χ0n) is 10.4. The van der Waals surface area contributed by atoms with E-state index in [0.29, 0.717) is 29.4 Å². The lowest BCUT2D eigenvalue weighted by Crippen LogP contribution is -2.20. The number of hydrogen-bond acceptors (Lipinski definition) is 4. The van der Waals surface area contributed by atoms with Gasteiger partial charge in [0.25, 0.3) is 0 Å². The van der Waals surface area contributed by atoms with Gasteiger partial charge in [0.1, 0.15) is 5.75 Å². The molecule has 2 N–H and O–H groups in total. The average molecular weight is 293 g/mol. The molecule has 0 unspecified atom stereocenters. The van der Waals surface area contributed by atoms with Gasteiger partial charge in [0, 0.05) is 6.07 Å². The van der Waals surface area contributed by atoms with Crippen LogP contribution in [0.5, 0.6) is 5.75 Å². The highest BCUT2D eigenvalue weighted by Crippen LogP contribution is 2.27. The second kappa shape index (κ2) is 6.82. The summed E-state index contributed by atoms with van der Waals surface area (Å²) in [7, 11) is -0.0729. The molecule has 0 aliphatic carbocycles. The van der Waals surface area contributed by atoms with Gasteiger partial charge in [0.15, 0.2) is 0 Å². The van der Waals surface area contributed by atoms with Crippen LogP contribution in [0, 0.1) is 0 Å². The number of halogens is 1. The molecule has 5 nitrogen and oxygen atoms in total. The minimum absolute atomic E-state index is 0.0682. The third-order valence-electron chi connectivity index (χ3n) is 2.26. The molecule has 1 rings (SSSR count). The van der Waals surface area contributed by atoms with Gasteiger partial charge in [-0.2, -0.15) is 0 Å². The first-order chi connectivity index (χ1) is 8.48. The number of anilines is 1. The van der Waals surface area contributed by atoms with Gasteiger partial charge in [-0.25, -0.2) is 8.42 Å². The number of rotatable bonds is 7. The molecule has 0 radical (unpaired) electrons. The summed E-state index contributed by atoms with van der Waals surface area (Å²) in [5.41, 5.74) is 0.445. The summed E-state index contributed by atoms with van der Waals surface area (Å²) in [6.45, 7) is 0.658. The molecular formula is C11H17ClN2O3S. The number of hydrogen-bond donors (Lipinski definition) is 2. The molecule has 0 spiro atoms. The van der Waals surface area contributed by atoms with Gasteiger partial charge >= 0.3 is 0 Å². The van der Waals surface area contributed by atoms with E-state index in [-0.39, 0.29) is 5.75 Å². The topological polar surface area (TPSA) is 67.4 Å². The van der Waals surface area contributed by atoms with Crippen LogP contribution in [0.4, 0.5) is 5.69 Å². The summed E-state index contributed by atoms with van der Waals surface area (Å²) >= 11 is 5.86. The van der Waals surface area contributed by atoms with Gasteiger partial charge in [-0.15, -0.1) is 0 Å². The van der Waals surface area contributed by atoms with E-state index in [0.717, 1.165) is 0 Å². The van der Waals surface area contributed by atoms with Crippen LogP contribution in [0.25, 0.3) is 0 Å². The second-order valence-electron chi connectivity index (χ2n) is 3.73. The minimum atomic E-state index is -3.33. The number of methoxy groups -OCH3 is 1. The summed E-state index contributed by atoms with van der Waals surface area (Å²) < 4.78 is 31.0. The Labute approximate surface area is 113 Å². The van der Waals surface area contributed by atoms with E-state index < -0.39 is 10.0 Å². The van der Waals surface area contributed by atoms with E-state index in [1.54, 1.807) is 25.2 Å². The lowest BCUT2D eigenvalue weighted by atomic mass is 10.3. The zero-order valence-corrected chi connectivity index (χ0v) is 11.9. The fourth-order valence-electron chi connectivity index (χ4n) is 1.39. The van der Waals surface area contributed by atoms with Crippen LogP contribution in [0.3, 0.4) is 0 Å². The van der Waals surface area contributed by atoms with Crippen LogP contribution in [-0.2, 0) is 10.0 Å². The van der Waals surface area contributed by atoms with Crippen LogP contribution >= 0.6 is 11.6 Å². The van der Waals surface area contributed by atoms with Gasteiger partial charge in [-0.05, 0) is 32.1 Å². The predicted octanol–water partition coefficient (Wildman–Crippen LogP) is 1.70. The third-order valence-corrected chi connectivity index (χ3v) is 3.95. The van der Waals surface area contributed by atoms with E-state index in [2.05, 4.69) is 10.0 Å². The standard InChI is InChI=1S/C11H17ClN2O3S/c1-13-6-3-7-18(15,16)14-9-4-5-10(12)11(8-9)17-2/h4-5,8,13-14H,3,6-7H2,1-2H3. The summed E-state index contributed by atoms with van der Waals surface area (Å²) in [6, 6.07) is 4.74.